The van der Waals surface area contributed by atoms with Crippen LogP contribution in [-0.4, -0.2) is 23.9 Å². The van der Waals surface area contributed by atoms with Crippen LogP contribution in [0.1, 0.15) is 22.8 Å². The molecule has 1 amide bonds. The number of nitrogens with one attached hydrogen (secondary N) is 1. The van der Waals surface area contributed by atoms with Crippen LogP contribution in [0.15, 0.2) is 53.9 Å². The second kappa shape index (κ2) is 7.94. The first kappa shape index (κ1) is 21.0. The van der Waals surface area contributed by atoms with Gasteiger partial charge in [-0.1, -0.05) is 24.6 Å². The Morgan fingerprint density at radius 2 is 1.86 bits per heavy atom. The van der Waals surface area contributed by atoms with E-state index in [4.69, 9.17) is 17.3 Å². The molecule has 0 spiro atoms. The summed E-state index contributed by atoms with van der Waals surface area (Å²) in [6, 6.07) is 8.96. The fraction of sp³-hybridized carbons (Fsp3) is 0.250. The minimum absolute atomic E-state index is 0.0271. The van der Waals surface area contributed by atoms with Gasteiger partial charge in [0.1, 0.15) is 5.82 Å². The van der Waals surface area contributed by atoms with Gasteiger partial charge in [0.05, 0.1) is 22.7 Å². The normalized spacial score (nSPS) is 17.4. The number of carbonyl (C=O) groups excluding carboxylic acids is 1. The predicted molar refractivity (Wildman–Crippen MR) is 103 cm³/mol. The number of nitrogens with zero attached hydrogens (tertiary/aromatic N) is 1. The van der Waals surface area contributed by atoms with Crippen LogP contribution in [0.4, 0.5) is 23.2 Å². The molecule has 0 bridgehead atoms. The van der Waals surface area contributed by atoms with Gasteiger partial charge < -0.3 is 16.0 Å². The molecule has 3 rings (SSSR count). The largest absolute Gasteiger partial charge is 0.417 e. The second-order valence-corrected chi connectivity index (χ2v) is 7.20. The molecular weight excluding hydrogens is 410 g/mol. The Kier molecular flexibility index (Phi) is 5.75. The highest BCUT2D eigenvalue weighted by Crippen LogP contribution is 2.37. The van der Waals surface area contributed by atoms with Crippen molar-refractivity contribution in [2.45, 2.75) is 13.1 Å². The average molecular weight is 428 g/mol. The van der Waals surface area contributed by atoms with Crippen molar-refractivity contribution in [3.8, 4) is 0 Å². The van der Waals surface area contributed by atoms with Crippen LogP contribution in [0.2, 0.25) is 5.02 Å². The van der Waals surface area contributed by atoms with Gasteiger partial charge in [0, 0.05) is 29.5 Å². The van der Waals surface area contributed by atoms with Crippen LogP contribution in [0, 0.1) is 11.7 Å². The molecule has 1 heterocycles. The zero-order valence-electron chi connectivity index (χ0n) is 15.4. The molecule has 2 aromatic carbocycles. The van der Waals surface area contributed by atoms with Crippen molar-refractivity contribution in [2.75, 3.05) is 18.4 Å². The van der Waals surface area contributed by atoms with Crippen LogP contribution >= 0.6 is 11.6 Å². The molecular formula is C20H18ClF4N3O. The lowest BCUT2D eigenvalue weighted by Gasteiger charge is -2.34. The Labute approximate surface area is 169 Å². The summed E-state index contributed by atoms with van der Waals surface area (Å²) < 4.78 is 52.3. The van der Waals surface area contributed by atoms with Crippen LogP contribution in [0.3, 0.4) is 0 Å². The summed E-state index contributed by atoms with van der Waals surface area (Å²) in [6.07, 6.45) is -4.66. The Bertz CT molecular complexity index is 957. The van der Waals surface area contributed by atoms with E-state index in [0.29, 0.717) is 17.1 Å². The number of carbonyl (C=O) groups is 1. The summed E-state index contributed by atoms with van der Waals surface area (Å²) in [7, 11) is 0. The van der Waals surface area contributed by atoms with Gasteiger partial charge in [-0.3, -0.25) is 4.79 Å². The van der Waals surface area contributed by atoms with Crippen LogP contribution in [0.25, 0.3) is 0 Å². The highest BCUT2D eigenvalue weighted by molar-refractivity contribution is 6.34. The number of halogens is 5. The molecule has 154 valence electrons. The Hall–Kier alpha value is -2.74. The Morgan fingerprint density at radius 1 is 1.21 bits per heavy atom. The summed E-state index contributed by atoms with van der Waals surface area (Å²) in [5.41, 5.74) is 6.52. The van der Waals surface area contributed by atoms with Gasteiger partial charge in [-0.2, -0.15) is 13.2 Å². The minimum Gasteiger partial charge on any atom is -0.399 e. The van der Waals surface area contributed by atoms with E-state index in [0.717, 1.165) is 12.1 Å². The van der Waals surface area contributed by atoms with E-state index in [-0.39, 0.29) is 30.4 Å². The summed E-state index contributed by atoms with van der Waals surface area (Å²) >= 11 is 5.88. The third-order valence-corrected chi connectivity index (χ3v) is 5.05. The lowest BCUT2D eigenvalue weighted by Crippen LogP contribution is -2.44. The number of hydrogen-bond acceptors (Lipinski definition) is 3. The van der Waals surface area contributed by atoms with E-state index in [1.165, 1.54) is 23.1 Å². The Morgan fingerprint density at radius 3 is 2.45 bits per heavy atom. The molecule has 29 heavy (non-hydrogen) atoms. The van der Waals surface area contributed by atoms with Gasteiger partial charge in [-0.25, -0.2) is 4.39 Å². The van der Waals surface area contributed by atoms with Crippen molar-refractivity contribution in [1.82, 2.24) is 4.90 Å². The third-order valence-electron chi connectivity index (χ3n) is 4.64. The topological polar surface area (TPSA) is 58.4 Å². The first-order valence-electron chi connectivity index (χ1n) is 8.74. The smallest absolute Gasteiger partial charge is 0.399 e. The molecule has 0 aliphatic carbocycles. The molecule has 0 radical (unpaired) electrons. The van der Waals surface area contributed by atoms with E-state index >= 15 is 0 Å². The van der Waals surface area contributed by atoms with Crippen molar-refractivity contribution in [3.05, 3.63) is 75.8 Å². The molecule has 1 aliphatic rings. The summed E-state index contributed by atoms with van der Waals surface area (Å²) in [6.45, 7) is 2.08. The lowest BCUT2D eigenvalue weighted by molar-refractivity contribution is -0.137. The summed E-state index contributed by atoms with van der Waals surface area (Å²) in [4.78, 5) is 14.2. The third kappa shape index (κ3) is 4.48. The van der Waals surface area contributed by atoms with E-state index in [2.05, 4.69) is 5.32 Å². The Balaban J connectivity index is 1.83. The van der Waals surface area contributed by atoms with Gasteiger partial charge in [-0.05, 0) is 36.4 Å². The number of anilines is 1. The first-order chi connectivity index (χ1) is 13.6. The molecule has 1 unspecified atom stereocenters. The number of alkyl halides is 3. The lowest BCUT2D eigenvalue weighted by atomic mass is 9.99. The van der Waals surface area contributed by atoms with Gasteiger partial charge in [0.25, 0.3) is 5.91 Å². The standard InChI is InChI=1S/C20H18ClF4N3O/c1-11-9-28(10-16(26)18(11)27-13-7-5-12(22)6-8-13)19(29)14-3-2-4-15(17(14)21)20(23,24)25/h2-8,11,27H,9-10,26H2,1H3. The number of rotatable bonds is 3. The van der Waals surface area contributed by atoms with E-state index < -0.39 is 22.7 Å². The number of benzene rings is 2. The van der Waals surface area contributed by atoms with E-state index in [9.17, 15) is 22.4 Å². The minimum atomic E-state index is -4.66. The van der Waals surface area contributed by atoms with Crippen LogP contribution in [0.5, 0.6) is 0 Å². The SMILES string of the molecule is CC1CN(C(=O)c2cccc(C(F)(F)F)c2Cl)CC(N)=C1Nc1ccc(F)cc1. The second-order valence-electron chi connectivity index (χ2n) is 6.82. The molecule has 0 fully saturated rings. The highest BCUT2D eigenvalue weighted by atomic mass is 35.5. The molecule has 0 saturated carbocycles. The maximum Gasteiger partial charge on any atom is 0.417 e. The molecule has 9 heteroatoms. The summed E-state index contributed by atoms with van der Waals surface area (Å²) in [5.74, 6) is -1.22. The number of amides is 1. The van der Waals surface area contributed by atoms with Crippen molar-refractivity contribution in [2.24, 2.45) is 11.7 Å². The van der Waals surface area contributed by atoms with E-state index in [1.807, 2.05) is 6.92 Å². The van der Waals surface area contributed by atoms with Crippen LogP contribution < -0.4 is 11.1 Å². The quantitative estimate of drug-likeness (QED) is 0.687. The van der Waals surface area contributed by atoms with Crippen molar-refractivity contribution >= 4 is 23.2 Å². The number of nitrogens with two attached hydrogens (primary N) is 1. The highest BCUT2D eigenvalue weighted by Gasteiger charge is 2.36. The average Bonchev–Trinajstić information content (AvgIpc) is 2.64. The maximum absolute atomic E-state index is 13.1. The van der Waals surface area contributed by atoms with Crippen molar-refractivity contribution < 1.29 is 22.4 Å². The fourth-order valence-electron chi connectivity index (χ4n) is 3.23. The van der Waals surface area contributed by atoms with Gasteiger partial charge in [0.15, 0.2) is 0 Å². The molecule has 1 atom stereocenters. The zero-order valence-corrected chi connectivity index (χ0v) is 16.1. The van der Waals surface area contributed by atoms with Gasteiger partial charge in [-0.15, -0.1) is 0 Å². The maximum atomic E-state index is 13.1. The molecule has 4 nitrogen and oxygen atoms in total. The van der Waals surface area contributed by atoms with Gasteiger partial charge in [0.2, 0.25) is 0 Å². The zero-order chi connectivity index (χ0) is 21.3. The molecule has 3 N–H and O–H groups in total. The molecule has 0 aromatic heterocycles. The monoisotopic (exact) mass is 427 g/mol. The number of hydrogen-bond donors (Lipinski definition) is 2. The van der Waals surface area contributed by atoms with Gasteiger partial charge >= 0.3 is 6.18 Å². The summed E-state index contributed by atoms with van der Waals surface area (Å²) in [5, 5.41) is 2.49. The first-order valence-corrected chi connectivity index (χ1v) is 9.11. The van der Waals surface area contributed by atoms with Crippen LogP contribution in [-0.2, 0) is 6.18 Å². The molecule has 0 saturated heterocycles. The predicted octanol–water partition coefficient (Wildman–Crippen LogP) is 4.87. The van der Waals surface area contributed by atoms with Crippen molar-refractivity contribution in [3.63, 3.8) is 0 Å². The fourth-order valence-corrected chi connectivity index (χ4v) is 3.54. The van der Waals surface area contributed by atoms with E-state index in [1.54, 1.807) is 12.1 Å². The molecule has 1 aliphatic heterocycles. The molecule has 2 aromatic rings. The van der Waals surface area contributed by atoms with Crippen molar-refractivity contribution in [1.29, 1.82) is 0 Å².